The highest BCUT2D eigenvalue weighted by molar-refractivity contribution is 5.98. The Morgan fingerprint density at radius 1 is 1.21 bits per heavy atom. The average molecular weight is 549 g/mol. The van der Waals surface area contributed by atoms with E-state index < -0.39 is 48.9 Å². The fraction of sp³-hybridized carbons (Fsp3) is 0.481. The number of ether oxygens (including phenoxy) is 4. The van der Waals surface area contributed by atoms with Crippen LogP contribution in [0.4, 0.5) is 0 Å². The lowest BCUT2D eigenvalue weighted by Crippen LogP contribution is -2.60. The van der Waals surface area contributed by atoms with Gasteiger partial charge in [0.05, 0.1) is 30.4 Å². The van der Waals surface area contributed by atoms with Crippen molar-refractivity contribution in [3.63, 3.8) is 0 Å². The molecule has 4 rings (SSSR count). The summed E-state index contributed by atoms with van der Waals surface area (Å²) in [5.41, 5.74) is -0.416. The molecule has 0 radical (unpaired) electrons. The number of aliphatic hydroxyl groups is 4. The normalized spacial score (nSPS) is 27.4. The molecule has 2 aliphatic heterocycles. The molecule has 0 saturated carbocycles. The van der Waals surface area contributed by atoms with Crippen molar-refractivity contribution in [2.45, 2.75) is 63.5 Å². The third-order valence-electron chi connectivity index (χ3n) is 6.72. The number of ketones is 1. The van der Waals surface area contributed by atoms with Gasteiger partial charge in [-0.15, -0.1) is 0 Å². The summed E-state index contributed by atoms with van der Waals surface area (Å²) in [6.07, 6.45) is -2.21. The van der Waals surface area contributed by atoms with E-state index in [-0.39, 0.29) is 35.4 Å². The molecule has 12 nitrogen and oxygen atoms in total. The number of carbonyl (C=O) groups excluding carboxylic acids is 1. The topological polar surface area (TPSA) is 185 Å². The standard InChI is InChI=1S/C27H32O12/c1-13(16-11-20(29)27(2,3)39-16)6-8-36-25-14(4-5-21(30)31)18(10-17-15(25)7-9-35-17)37-26-24(34)23(33)22(32)19(12-28)38-26/h4-5,7,9-11,13,19,22-24,26,28,32-34H,6,8,12H2,1-3H3,(H,30,31)/b5-4+/t13?,19-,22-,23+,24-,26-/m1/s1. The highest BCUT2D eigenvalue weighted by atomic mass is 16.7. The van der Waals surface area contributed by atoms with Crippen LogP contribution in [0.15, 0.2) is 40.7 Å². The number of fused-ring (bicyclic) bond motifs is 1. The second-order valence-electron chi connectivity index (χ2n) is 10.00. The molecule has 3 heterocycles. The number of hydrogen-bond donors (Lipinski definition) is 5. The molecule has 12 heteroatoms. The van der Waals surface area contributed by atoms with Gasteiger partial charge < -0.3 is 48.9 Å². The van der Waals surface area contributed by atoms with Gasteiger partial charge in [0, 0.05) is 24.1 Å². The van der Waals surface area contributed by atoms with Gasteiger partial charge in [-0.1, -0.05) is 6.92 Å². The Kier molecular flexibility index (Phi) is 8.33. The van der Waals surface area contributed by atoms with Gasteiger partial charge >= 0.3 is 5.97 Å². The maximum absolute atomic E-state index is 12.1. The molecule has 0 aliphatic carbocycles. The number of carboxylic acids is 1. The minimum absolute atomic E-state index is 0.00323. The van der Waals surface area contributed by atoms with Crippen molar-refractivity contribution in [2.75, 3.05) is 13.2 Å². The Balaban J connectivity index is 1.62. The highest BCUT2D eigenvalue weighted by Gasteiger charge is 2.45. The van der Waals surface area contributed by atoms with E-state index in [9.17, 15) is 35.1 Å². The van der Waals surface area contributed by atoms with Crippen molar-refractivity contribution < 1.29 is 58.5 Å². The molecule has 5 N–H and O–H groups in total. The Morgan fingerprint density at radius 2 is 1.95 bits per heavy atom. The molecule has 2 aromatic rings. The zero-order chi connectivity index (χ0) is 28.5. The first-order chi connectivity index (χ1) is 18.4. The molecule has 1 aromatic carbocycles. The smallest absolute Gasteiger partial charge is 0.328 e. The fourth-order valence-electron chi connectivity index (χ4n) is 4.33. The molecule has 1 fully saturated rings. The molecule has 0 amide bonds. The number of aliphatic hydroxyl groups excluding tert-OH is 4. The van der Waals surface area contributed by atoms with Gasteiger partial charge in [0.1, 0.15) is 47.3 Å². The number of benzene rings is 1. The van der Waals surface area contributed by atoms with Gasteiger partial charge in [0.2, 0.25) is 12.1 Å². The van der Waals surface area contributed by atoms with Crippen molar-refractivity contribution in [3.8, 4) is 11.5 Å². The SMILES string of the molecule is CC(CCOc1c(/C=C/C(=O)O)c(O[C@@H]2O[C@H](CO)[C@@H](O)[C@H](O)[C@H]2O)cc2occc12)C1=CC(=O)C(C)(C)O1. The summed E-state index contributed by atoms with van der Waals surface area (Å²) in [6, 6.07) is 3.08. The predicted octanol–water partition coefficient (Wildman–Crippen LogP) is 1.38. The third-order valence-corrected chi connectivity index (χ3v) is 6.72. The van der Waals surface area contributed by atoms with E-state index in [1.54, 1.807) is 19.9 Å². The first-order valence-electron chi connectivity index (χ1n) is 12.4. The minimum Gasteiger partial charge on any atom is -0.492 e. The summed E-state index contributed by atoms with van der Waals surface area (Å²) in [7, 11) is 0. The van der Waals surface area contributed by atoms with Crippen LogP contribution in [-0.2, 0) is 19.1 Å². The van der Waals surface area contributed by atoms with E-state index in [0.29, 0.717) is 23.1 Å². The molecule has 1 unspecified atom stereocenters. The number of rotatable bonds is 10. The molecule has 0 spiro atoms. The van der Waals surface area contributed by atoms with E-state index in [4.69, 9.17) is 23.4 Å². The second-order valence-corrected chi connectivity index (χ2v) is 10.00. The summed E-state index contributed by atoms with van der Waals surface area (Å²) in [4.78, 5) is 23.5. The van der Waals surface area contributed by atoms with Crippen molar-refractivity contribution >= 4 is 28.8 Å². The van der Waals surface area contributed by atoms with Crippen molar-refractivity contribution in [1.82, 2.24) is 0 Å². The Bertz CT molecular complexity index is 1270. The van der Waals surface area contributed by atoms with Gasteiger partial charge in [0.15, 0.2) is 5.60 Å². The molecule has 1 aromatic heterocycles. The number of allylic oxidation sites excluding steroid dienone is 1. The predicted molar refractivity (Wildman–Crippen MR) is 135 cm³/mol. The summed E-state index contributed by atoms with van der Waals surface area (Å²) < 4.78 is 28.7. The number of carbonyl (C=O) groups is 2. The summed E-state index contributed by atoms with van der Waals surface area (Å²) in [5.74, 6) is -0.738. The number of furan rings is 1. The molecule has 2 aliphatic rings. The monoisotopic (exact) mass is 548 g/mol. The van der Waals surface area contributed by atoms with Crippen LogP contribution >= 0.6 is 0 Å². The second kappa shape index (κ2) is 11.4. The molecule has 1 saturated heterocycles. The van der Waals surface area contributed by atoms with Crippen LogP contribution in [0.25, 0.3) is 17.0 Å². The van der Waals surface area contributed by atoms with Gasteiger partial charge in [-0.05, 0) is 32.4 Å². The highest BCUT2D eigenvalue weighted by Crippen LogP contribution is 2.40. The maximum Gasteiger partial charge on any atom is 0.328 e. The Morgan fingerprint density at radius 3 is 2.59 bits per heavy atom. The summed E-state index contributed by atoms with van der Waals surface area (Å²) in [6.45, 7) is 4.78. The van der Waals surface area contributed by atoms with Crippen LogP contribution in [0.5, 0.6) is 11.5 Å². The van der Waals surface area contributed by atoms with E-state index >= 15 is 0 Å². The maximum atomic E-state index is 12.1. The molecule has 6 atom stereocenters. The fourth-order valence-corrected chi connectivity index (χ4v) is 4.33. The number of aliphatic carboxylic acids is 1. The first kappa shape index (κ1) is 28.6. The van der Waals surface area contributed by atoms with E-state index in [0.717, 1.165) is 6.08 Å². The van der Waals surface area contributed by atoms with Crippen molar-refractivity contribution in [1.29, 1.82) is 0 Å². The molecular formula is C27H32O12. The molecule has 39 heavy (non-hydrogen) atoms. The van der Waals surface area contributed by atoms with Gasteiger partial charge in [-0.3, -0.25) is 4.79 Å². The third kappa shape index (κ3) is 5.94. The van der Waals surface area contributed by atoms with Gasteiger partial charge in [0.25, 0.3) is 0 Å². The minimum atomic E-state index is -1.69. The molecular weight excluding hydrogens is 516 g/mol. The van der Waals surface area contributed by atoms with Crippen molar-refractivity contribution in [3.05, 3.63) is 41.9 Å². The Labute approximate surface area is 223 Å². The zero-order valence-electron chi connectivity index (χ0n) is 21.6. The zero-order valence-corrected chi connectivity index (χ0v) is 21.6. The largest absolute Gasteiger partial charge is 0.492 e. The number of hydrogen-bond acceptors (Lipinski definition) is 11. The average Bonchev–Trinajstić information content (AvgIpc) is 3.46. The van der Waals surface area contributed by atoms with Crippen LogP contribution in [0, 0.1) is 5.92 Å². The summed E-state index contributed by atoms with van der Waals surface area (Å²) >= 11 is 0. The van der Waals surface area contributed by atoms with Gasteiger partial charge in [-0.2, -0.15) is 0 Å². The lowest BCUT2D eigenvalue weighted by molar-refractivity contribution is -0.277. The van der Waals surface area contributed by atoms with Crippen LogP contribution in [0.2, 0.25) is 0 Å². The van der Waals surface area contributed by atoms with Gasteiger partial charge in [-0.25, -0.2) is 4.79 Å². The Hall–Kier alpha value is -3.42. The van der Waals surface area contributed by atoms with E-state index in [1.165, 1.54) is 24.5 Å². The molecule has 212 valence electrons. The van der Waals surface area contributed by atoms with Crippen LogP contribution in [-0.4, -0.2) is 86.8 Å². The van der Waals surface area contributed by atoms with E-state index in [1.807, 2.05) is 6.92 Å². The van der Waals surface area contributed by atoms with Crippen LogP contribution in [0.1, 0.15) is 32.8 Å². The first-order valence-corrected chi connectivity index (χ1v) is 12.4. The quantitative estimate of drug-likeness (QED) is 0.269. The van der Waals surface area contributed by atoms with Crippen LogP contribution in [0.3, 0.4) is 0 Å². The van der Waals surface area contributed by atoms with Crippen LogP contribution < -0.4 is 9.47 Å². The lowest BCUT2D eigenvalue weighted by atomic mass is 9.99. The lowest BCUT2D eigenvalue weighted by Gasteiger charge is -2.39. The summed E-state index contributed by atoms with van der Waals surface area (Å²) in [5, 5.41) is 49.9. The van der Waals surface area contributed by atoms with Crippen molar-refractivity contribution in [2.24, 2.45) is 5.92 Å². The number of carboxylic acid groups (broad SMARTS) is 1. The molecule has 0 bridgehead atoms. The van der Waals surface area contributed by atoms with E-state index in [2.05, 4.69) is 0 Å².